The molecule has 7 heteroatoms. The average Bonchev–Trinajstić information content (AvgIpc) is 2.76. The quantitative estimate of drug-likeness (QED) is 0.514. The van der Waals surface area contributed by atoms with Crippen LogP contribution in [0.3, 0.4) is 0 Å². The standard InChI is InChI=1S/C23H21N3O3S/c1-2-29-18-14-12-17(13-15-18)24-22(28)19-10-6-7-11-20(19)25-23(30)26-21(27)16-8-4-3-5-9-16/h3-15H,2H2,1H3,(H,24,28)(H2,25,26,27,30). The van der Waals surface area contributed by atoms with E-state index in [9.17, 15) is 9.59 Å². The van der Waals surface area contributed by atoms with E-state index in [1.807, 2.05) is 13.0 Å². The Balaban J connectivity index is 1.66. The minimum atomic E-state index is -0.329. The number of thiocarbonyl (C=S) groups is 1. The summed E-state index contributed by atoms with van der Waals surface area (Å²) in [6.07, 6.45) is 0. The van der Waals surface area contributed by atoms with Crippen LogP contribution in [0, 0.1) is 0 Å². The van der Waals surface area contributed by atoms with Gasteiger partial charge in [-0.2, -0.15) is 0 Å². The lowest BCUT2D eigenvalue weighted by atomic mass is 10.1. The summed E-state index contributed by atoms with van der Waals surface area (Å²) < 4.78 is 5.41. The Hall–Kier alpha value is -3.71. The second kappa shape index (κ2) is 10.2. The number of ether oxygens (including phenoxy) is 1. The van der Waals surface area contributed by atoms with Crippen LogP contribution in [0.2, 0.25) is 0 Å². The molecule has 0 radical (unpaired) electrons. The molecule has 3 rings (SSSR count). The Kier molecular flexibility index (Phi) is 7.13. The monoisotopic (exact) mass is 419 g/mol. The van der Waals surface area contributed by atoms with Crippen LogP contribution < -0.4 is 20.7 Å². The third-order valence-electron chi connectivity index (χ3n) is 4.11. The van der Waals surface area contributed by atoms with Crippen molar-refractivity contribution in [3.05, 3.63) is 90.0 Å². The number of carbonyl (C=O) groups is 2. The van der Waals surface area contributed by atoms with E-state index in [4.69, 9.17) is 17.0 Å². The average molecular weight is 420 g/mol. The zero-order valence-electron chi connectivity index (χ0n) is 16.3. The van der Waals surface area contributed by atoms with Crippen LogP contribution in [-0.2, 0) is 0 Å². The molecule has 3 N–H and O–H groups in total. The van der Waals surface area contributed by atoms with E-state index in [0.29, 0.717) is 29.1 Å². The summed E-state index contributed by atoms with van der Waals surface area (Å²) in [5, 5.41) is 8.48. The van der Waals surface area contributed by atoms with Gasteiger partial charge in [0.25, 0.3) is 11.8 Å². The summed E-state index contributed by atoms with van der Waals surface area (Å²) in [6, 6.07) is 22.8. The van der Waals surface area contributed by atoms with Crippen molar-refractivity contribution in [1.29, 1.82) is 0 Å². The molecule has 0 bridgehead atoms. The van der Waals surface area contributed by atoms with E-state index in [1.165, 1.54) is 0 Å². The van der Waals surface area contributed by atoms with Crippen LogP contribution in [0.5, 0.6) is 5.75 Å². The van der Waals surface area contributed by atoms with Crippen molar-refractivity contribution >= 4 is 40.5 Å². The number of nitrogens with one attached hydrogen (secondary N) is 3. The molecule has 0 atom stereocenters. The molecule has 0 unspecified atom stereocenters. The molecule has 0 aliphatic carbocycles. The van der Waals surface area contributed by atoms with Gasteiger partial charge >= 0.3 is 0 Å². The number of hydrogen-bond acceptors (Lipinski definition) is 4. The summed E-state index contributed by atoms with van der Waals surface area (Å²) in [5.74, 6) is 0.0981. The van der Waals surface area contributed by atoms with E-state index in [1.54, 1.807) is 72.8 Å². The van der Waals surface area contributed by atoms with Crippen LogP contribution >= 0.6 is 12.2 Å². The number of para-hydroxylation sites is 1. The smallest absolute Gasteiger partial charge is 0.257 e. The van der Waals surface area contributed by atoms with Gasteiger partial charge in [-0.15, -0.1) is 0 Å². The summed E-state index contributed by atoms with van der Waals surface area (Å²) in [6.45, 7) is 2.48. The van der Waals surface area contributed by atoms with Crippen LogP contribution in [-0.4, -0.2) is 23.5 Å². The van der Waals surface area contributed by atoms with Gasteiger partial charge in [-0.05, 0) is 67.7 Å². The summed E-state index contributed by atoms with van der Waals surface area (Å²) >= 11 is 5.24. The molecule has 0 aromatic heterocycles. The molecule has 152 valence electrons. The second-order valence-electron chi connectivity index (χ2n) is 6.23. The zero-order valence-corrected chi connectivity index (χ0v) is 17.2. The van der Waals surface area contributed by atoms with Gasteiger partial charge in [0.05, 0.1) is 17.9 Å². The Labute approximate surface area is 180 Å². The van der Waals surface area contributed by atoms with Crippen LogP contribution in [0.1, 0.15) is 27.6 Å². The molecule has 0 saturated carbocycles. The van der Waals surface area contributed by atoms with Crippen molar-refractivity contribution in [3.8, 4) is 5.75 Å². The molecule has 0 aliphatic rings. The molecule has 30 heavy (non-hydrogen) atoms. The van der Waals surface area contributed by atoms with Gasteiger partial charge in [0, 0.05) is 11.3 Å². The van der Waals surface area contributed by atoms with E-state index in [2.05, 4.69) is 16.0 Å². The van der Waals surface area contributed by atoms with E-state index < -0.39 is 0 Å². The highest BCUT2D eigenvalue weighted by atomic mass is 32.1. The molecule has 0 aliphatic heterocycles. The van der Waals surface area contributed by atoms with Gasteiger partial charge in [0.15, 0.2) is 5.11 Å². The van der Waals surface area contributed by atoms with Gasteiger partial charge in [-0.1, -0.05) is 30.3 Å². The largest absolute Gasteiger partial charge is 0.494 e. The van der Waals surface area contributed by atoms with Crippen LogP contribution in [0.4, 0.5) is 11.4 Å². The lowest BCUT2D eigenvalue weighted by Crippen LogP contribution is -2.34. The zero-order chi connectivity index (χ0) is 21.3. The number of hydrogen-bond donors (Lipinski definition) is 3. The lowest BCUT2D eigenvalue weighted by Gasteiger charge is -2.14. The van der Waals surface area contributed by atoms with Gasteiger partial charge in [0.1, 0.15) is 5.75 Å². The minimum Gasteiger partial charge on any atom is -0.494 e. The van der Waals surface area contributed by atoms with Crippen LogP contribution in [0.25, 0.3) is 0 Å². The maximum Gasteiger partial charge on any atom is 0.257 e. The van der Waals surface area contributed by atoms with Crippen molar-refractivity contribution in [3.63, 3.8) is 0 Å². The van der Waals surface area contributed by atoms with E-state index in [-0.39, 0.29) is 16.9 Å². The number of carbonyl (C=O) groups excluding carboxylic acids is 2. The number of rotatable bonds is 6. The SMILES string of the molecule is CCOc1ccc(NC(=O)c2ccccc2NC(=S)NC(=O)c2ccccc2)cc1. The molecule has 6 nitrogen and oxygen atoms in total. The normalized spacial score (nSPS) is 10.0. The van der Waals surface area contributed by atoms with Crippen molar-refractivity contribution < 1.29 is 14.3 Å². The Bertz CT molecular complexity index is 1040. The molecule has 3 aromatic carbocycles. The van der Waals surface area contributed by atoms with Crippen molar-refractivity contribution in [2.24, 2.45) is 0 Å². The lowest BCUT2D eigenvalue weighted by molar-refractivity contribution is 0.0976. The summed E-state index contributed by atoms with van der Waals surface area (Å²) in [4.78, 5) is 25.0. The molecule has 0 saturated heterocycles. The summed E-state index contributed by atoms with van der Waals surface area (Å²) in [5.41, 5.74) is 2.00. The third kappa shape index (κ3) is 5.65. The molecule has 0 heterocycles. The highest BCUT2D eigenvalue weighted by Gasteiger charge is 2.14. The van der Waals surface area contributed by atoms with Gasteiger partial charge in [0.2, 0.25) is 0 Å². The number of amides is 2. The predicted octanol–water partition coefficient (Wildman–Crippen LogP) is 4.46. The first kappa shape index (κ1) is 21.0. The molecule has 2 amide bonds. The van der Waals surface area contributed by atoms with Crippen molar-refractivity contribution in [2.75, 3.05) is 17.2 Å². The first-order valence-electron chi connectivity index (χ1n) is 9.37. The topological polar surface area (TPSA) is 79.5 Å². The molecular weight excluding hydrogens is 398 g/mol. The third-order valence-corrected chi connectivity index (χ3v) is 4.31. The highest BCUT2D eigenvalue weighted by Crippen LogP contribution is 2.19. The fourth-order valence-corrected chi connectivity index (χ4v) is 2.91. The Morgan fingerprint density at radius 2 is 1.50 bits per heavy atom. The first-order valence-corrected chi connectivity index (χ1v) is 9.78. The van der Waals surface area contributed by atoms with Gasteiger partial charge in [-0.3, -0.25) is 14.9 Å². The van der Waals surface area contributed by atoms with Gasteiger partial charge < -0.3 is 15.4 Å². The molecule has 0 spiro atoms. The Morgan fingerprint density at radius 3 is 2.20 bits per heavy atom. The van der Waals surface area contributed by atoms with E-state index >= 15 is 0 Å². The number of anilines is 2. The molecular formula is C23H21N3O3S. The number of benzene rings is 3. The van der Waals surface area contributed by atoms with Crippen molar-refractivity contribution in [2.45, 2.75) is 6.92 Å². The van der Waals surface area contributed by atoms with Crippen molar-refractivity contribution in [1.82, 2.24) is 5.32 Å². The van der Waals surface area contributed by atoms with E-state index in [0.717, 1.165) is 5.75 Å². The minimum absolute atomic E-state index is 0.102. The maximum atomic E-state index is 12.8. The molecule has 3 aromatic rings. The Morgan fingerprint density at radius 1 is 0.833 bits per heavy atom. The highest BCUT2D eigenvalue weighted by molar-refractivity contribution is 7.80. The fourth-order valence-electron chi connectivity index (χ4n) is 2.71. The fraction of sp³-hybridized carbons (Fsp3) is 0.0870. The van der Waals surface area contributed by atoms with Crippen LogP contribution in [0.15, 0.2) is 78.9 Å². The first-order chi connectivity index (χ1) is 14.6. The maximum absolute atomic E-state index is 12.8. The second-order valence-corrected chi connectivity index (χ2v) is 6.64. The predicted molar refractivity (Wildman–Crippen MR) is 122 cm³/mol. The molecule has 0 fully saturated rings. The summed E-state index contributed by atoms with van der Waals surface area (Å²) in [7, 11) is 0. The van der Waals surface area contributed by atoms with Gasteiger partial charge in [-0.25, -0.2) is 0 Å².